The fraction of sp³-hybridized carbons (Fsp3) is 1.00. The van der Waals surface area contributed by atoms with Gasteiger partial charge in [-0.15, -0.1) is 0 Å². The molecular weight excluding hydrogens is 134 g/mol. The van der Waals surface area contributed by atoms with E-state index in [2.05, 4.69) is 11.9 Å². The number of rotatable bonds is 0. The molecule has 0 unspecified atom stereocenters. The van der Waals surface area contributed by atoms with Crippen LogP contribution in [0.15, 0.2) is 0 Å². The molecule has 1 aliphatic carbocycles. The summed E-state index contributed by atoms with van der Waals surface area (Å²) in [6.07, 6.45) is 7.51. The van der Waals surface area contributed by atoms with Crippen molar-refractivity contribution in [1.29, 1.82) is 0 Å². The van der Waals surface area contributed by atoms with Gasteiger partial charge >= 0.3 is 0 Å². The molecular formula is C10H19N. The highest BCUT2D eigenvalue weighted by Crippen LogP contribution is 2.35. The van der Waals surface area contributed by atoms with Crippen LogP contribution in [-0.2, 0) is 0 Å². The second-order valence-electron chi connectivity index (χ2n) is 4.36. The Morgan fingerprint density at radius 1 is 1.00 bits per heavy atom. The van der Waals surface area contributed by atoms with E-state index in [1.54, 1.807) is 0 Å². The molecule has 0 spiro atoms. The van der Waals surface area contributed by atoms with E-state index in [9.17, 15) is 0 Å². The zero-order chi connectivity index (χ0) is 7.68. The third-order valence-electron chi connectivity index (χ3n) is 3.49. The Morgan fingerprint density at radius 2 is 1.73 bits per heavy atom. The Kier molecular flexibility index (Phi) is 2.17. The molecule has 0 aromatic heterocycles. The van der Waals surface area contributed by atoms with E-state index in [4.69, 9.17) is 0 Å². The van der Waals surface area contributed by atoms with Crippen LogP contribution in [0, 0.1) is 11.8 Å². The maximum atomic E-state index is 2.51. The number of nitrogens with zero attached hydrogens (tertiary/aromatic N) is 1. The predicted molar refractivity (Wildman–Crippen MR) is 47.6 cm³/mol. The first-order valence-corrected chi connectivity index (χ1v) is 5.05. The Labute approximate surface area is 69.8 Å². The molecule has 1 saturated heterocycles. The average molecular weight is 153 g/mol. The van der Waals surface area contributed by atoms with Crippen LogP contribution in [0.1, 0.15) is 32.1 Å². The van der Waals surface area contributed by atoms with E-state index in [0.717, 1.165) is 11.8 Å². The summed E-state index contributed by atoms with van der Waals surface area (Å²) in [5.41, 5.74) is 0. The van der Waals surface area contributed by atoms with Crippen molar-refractivity contribution in [3.8, 4) is 0 Å². The molecule has 11 heavy (non-hydrogen) atoms. The maximum Gasteiger partial charge on any atom is 0.000926 e. The van der Waals surface area contributed by atoms with Gasteiger partial charge in [0.25, 0.3) is 0 Å². The molecule has 0 bridgehead atoms. The van der Waals surface area contributed by atoms with Crippen molar-refractivity contribution in [2.45, 2.75) is 32.1 Å². The maximum absolute atomic E-state index is 2.51. The highest BCUT2D eigenvalue weighted by Gasteiger charge is 2.29. The van der Waals surface area contributed by atoms with Gasteiger partial charge in [0.2, 0.25) is 0 Å². The molecule has 64 valence electrons. The van der Waals surface area contributed by atoms with Gasteiger partial charge in [-0.3, -0.25) is 0 Å². The standard InChI is InChI=1S/C10H19N/c1-11-7-6-9-4-2-3-5-10(9)8-11/h9-10H,2-8H2,1H3/t9-,10-/m1/s1. The van der Waals surface area contributed by atoms with Crippen molar-refractivity contribution < 1.29 is 0 Å². The van der Waals surface area contributed by atoms with E-state index >= 15 is 0 Å². The summed E-state index contributed by atoms with van der Waals surface area (Å²) in [5.74, 6) is 2.16. The first kappa shape index (κ1) is 7.60. The first-order valence-electron chi connectivity index (χ1n) is 5.05. The van der Waals surface area contributed by atoms with Crippen molar-refractivity contribution in [2.24, 2.45) is 11.8 Å². The molecule has 2 rings (SSSR count). The van der Waals surface area contributed by atoms with Gasteiger partial charge in [-0.1, -0.05) is 19.3 Å². The Hall–Kier alpha value is -0.0400. The molecule has 2 aliphatic rings. The summed E-state index contributed by atoms with van der Waals surface area (Å²) in [5, 5.41) is 0. The normalized spacial score (nSPS) is 40.1. The molecule has 0 aromatic carbocycles. The minimum absolute atomic E-state index is 1.06. The lowest BCUT2D eigenvalue weighted by Crippen LogP contribution is -2.39. The smallest absolute Gasteiger partial charge is 0.000926 e. The van der Waals surface area contributed by atoms with Crippen LogP contribution in [0.2, 0.25) is 0 Å². The monoisotopic (exact) mass is 153 g/mol. The predicted octanol–water partition coefficient (Wildman–Crippen LogP) is 2.13. The SMILES string of the molecule is CN1CC[C@H]2CCCC[C@@H]2C1. The van der Waals surface area contributed by atoms with E-state index in [0.29, 0.717) is 0 Å². The molecule has 1 saturated carbocycles. The molecule has 0 amide bonds. The molecule has 1 nitrogen and oxygen atoms in total. The Morgan fingerprint density at radius 3 is 2.55 bits per heavy atom. The van der Waals surface area contributed by atoms with Crippen molar-refractivity contribution >= 4 is 0 Å². The minimum atomic E-state index is 1.06. The minimum Gasteiger partial charge on any atom is -0.306 e. The van der Waals surface area contributed by atoms with Gasteiger partial charge in [0.1, 0.15) is 0 Å². The largest absolute Gasteiger partial charge is 0.306 e. The number of fused-ring (bicyclic) bond motifs is 1. The molecule has 1 aliphatic heterocycles. The second-order valence-corrected chi connectivity index (χ2v) is 4.36. The van der Waals surface area contributed by atoms with Gasteiger partial charge < -0.3 is 4.90 Å². The summed E-state index contributed by atoms with van der Waals surface area (Å²) in [4.78, 5) is 2.51. The second kappa shape index (κ2) is 3.14. The third kappa shape index (κ3) is 1.58. The lowest BCUT2D eigenvalue weighted by atomic mass is 9.75. The number of hydrogen-bond donors (Lipinski definition) is 0. The van der Waals surface area contributed by atoms with Crippen molar-refractivity contribution in [1.82, 2.24) is 4.90 Å². The molecule has 0 N–H and O–H groups in total. The Balaban J connectivity index is 1.93. The average Bonchev–Trinajstić information content (AvgIpc) is 2.04. The van der Waals surface area contributed by atoms with Gasteiger partial charge in [-0.2, -0.15) is 0 Å². The van der Waals surface area contributed by atoms with Crippen molar-refractivity contribution in [3.63, 3.8) is 0 Å². The number of hydrogen-bond acceptors (Lipinski definition) is 1. The third-order valence-corrected chi connectivity index (χ3v) is 3.49. The molecule has 0 radical (unpaired) electrons. The van der Waals surface area contributed by atoms with Gasteiger partial charge in [-0.05, 0) is 38.3 Å². The van der Waals surface area contributed by atoms with Crippen LogP contribution < -0.4 is 0 Å². The van der Waals surface area contributed by atoms with Crippen LogP contribution in [0.25, 0.3) is 0 Å². The van der Waals surface area contributed by atoms with Gasteiger partial charge in [-0.25, -0.2) is 0 Å². The molecule has 2 fully saturated rings. The van der Waals surface area contributed by atoms with E-state index < -0.39 is 0 Å². The zero-order valence-corrected chi connectivity index (χ0v) is 7.55. The lowest BCUT2D eigenvalue weighted by Gasteiger charge is -2.39. The summed E-state index contributed by atoms with van der Waals surface area (Å²) in [6.45, 7) is 2.73. The van der Waals surface area contributed by atoms with E-state index in [-0.39, 0.29) is 0 Å². The number of piperidine rings is 1. The van der Waals surface area contributed by atoms with Crippen LogP contribution in [0.5, 0.6) is 0 Å². The summed E-state index contributed by atoms with van der Waals surface area (Å²) in [6, 6.07) is 0. The molecule has 0 aromatic rings. The fourth-order valence-electron chi connectivity index (χ4n) is 2.78. The Bertz CT molecular complexity index is 133. The van der Waals surface area contributed by atoms with E-state index in [1.807, 2.05) is 0 Å². The van der Waals surface area contributed by atoms with Crippen LogP contribution in [-0.4, -0.2) is 25.0 Å². The lowest BCUT2D eigenvalue weighted by molar-refractivity contribution is 0.105. The summed E-state index contributed by atoms with van der Waals surface area (Å²) >= 11 is 0. The van der Waals surface area contributed by atoms with Gasteiger partial charge in [0.05, 0.1) is 0 Å². The molecule has 1 heteroatoms. The summed E-state index contributed by atoms with van der Waals surface area (Å²) < 4.78 is 0. The highest BCUT2D eigenvalue weighted by molar-refractivity contribution is 4.81. The highest BCUT2D eigenvalue weighted by atomic mass is 15.1. The number of likely N-dealkylation sites (tertiary alicyclic amines) is 1. The fourth-order valence-corrected chi connectivity index (χ4v) is 2.78. The quantitative estimate of drug-likeness (QED) is 0.515. The van der Waals surface area contributed by atoms with Crippen molar-refractivity contribution in [3.05, 3.63) is 0 Å². The summed E-state index contributed by atoms with van der Waals surface area (Å²) in [7, 11) is 2.27. The topological polar surface area (TPSA) is 3.24 Å². The van der Waals surface area contributed by atoms with Gasteiger partial charge in [0, 0.05) is 6.54 Å². The van der Waals surface area contributed by atoms with Crippen LogP contribution in [0.4, 0.5) is 0 Å². The molecule has 1 heterocycles. The van der Waals surface area contributed by atoms with Crippen LogP contribution in [0.3, 0.4) is 0 Å². The van der Waals surface area contributed by atoms with Crippen molar-refractivity contribution in [2.75, 3.05) is 20.1 Å². The van der Waals surface area contributed by atoms with E-state index in [1.165, 1.54) is 45.2 Å². The van der Waals surface area contributed by atoms with Crippen LogP contribution >= 0.6 is 0 Å². The molecule has 2 atom stereocenters. The first-order chi connectivity index (χ1) is 5.36. The van der Waals surface area contributed by atoms with Gasteiger partial charge in [0.15, 0.2) is 0 Å². The zero-order valence-electron chi connectivity index (χ0n) is 7.55.